The van der Waals surface area contributed by atoms with Crippen LogP contribution in [0.3, 0.4) is 0 Å². The van der Waals surface area contributed by atoms with E-state index in [0.717, 1.165) is 18.2 Å². The van der Waals surface area contributed by atoms with Crippen LogP contribution in [-0.4, -0.2) is 11.0 Å². The van der Waals surface area contributed by atoms with E-state index in [1.807, 2.05) is 0 Å². The number of hydrogen-bond acceptors (Lipinski definition) is 4. The van der Waals surface area contributed by atoms with Crippen LogP contribution in [0.5, 0.6) is 0 Å². The third-order valence-electron chi connectivity index (χ3n) is 1.32. The van der Waals surface area contributed by atoms with Crippen molar-refractivity contribution in [3.63, 3.8) is 0 Å². The van der Waals surface area contributed by atoms with Gasteiger partial charge >= 0.3 is 5.69 Å². The first kappa shape index (κ1) is 9.02. The van der Waals surface area contributed by atoms with E-state index in [2.05, 4.69) is 4.99 Å². The molecule has 0 atom stereocenters. The zero-order valence-corrected chi connectivity index (χ0v) is 6.23. The van der Waals surface area contributed by atoms with Gasteiger partial charge in [0.1, 0.15) is 5.69 Å². The molecule has 0 aromatic heterocycles. The summed E-state index contributed by atoms with van der Waals surface area (Å²) in [6.45, 7) is 0. The summed E-state index contributed by atoms with van der Waals surface area (Å²) in [7, 11) is 0. The van der Waals surface area contributed by atoms with E-state index >= 15 is 0 Å². The molecule has 0 amide bonds. The van der Waals surface area contributed by atoms with E-state index in [9.17, 15) is 19.3 Å². The second-order valence-corrected chi connectivity index (χ2v) is 2.07. The summed E-state index contributed by atoms with van der Waals surface area (Å²) in [6, 6.07) is 3.36. The van der Waals surface area contributed by atoms with Gasteiger partial charge in [-0.15, -0.1) is 0 Å². The summed E-state index contributed by atoms with van der Waals surface area (Å²) in [5.41, 5.74) is -1.10. The summed E-state index contributed by atoms with van der Waals surface area (Å²) < 4.78 is 13.0. The molecule has 0 N–H and O–H groups in total. The smallest absolute Gasteiger partial charge is 0.258 e. The van der Waals surface area contributed by atoms with Gasteiger partial charge in [-0.05, 0) is 6.07 Å². The number of aliphatic imine (C=N–C) groups is 1. The molecule has 6 heteroatoms. The lowest BCUT2D eigenvalue weighted by Crippen LogP contribution is -1.91. The van der Waals surface area contributed by atoms with Gasteiger partial charge in [0.25, 0.3) is 0 Å². The average molecular weight is 182 g/mol. The Kier molecular flexibility index (Phi) is 2.47. The highest BCUT2D eigenvalue weighted by Gasteiger charge is 2.16. The molecule has 1 rings (SSSR count). The highest BCUT2D eigenvalue weighted by atomic mass is 19.1. The Balaban J connectivity index is 3.34. The summed E-state index contributed by atoms with van der Waals surface area (Å²) in [6.07, 6.45) is 1.10. The van der Waals surface area contributed by atoms with Gasteiger partial charge < -0.3 is 0 Å². The molecule has 0 aliphatic heterocycles. The van der Waals surface area contributed by atoms with E-state index in [1.165, 1.54) is 6.07 Å². The maximum Gasteiger partial charge on any atom is 0.307 e. The first-order valence-corrected chi connectivity index (χ1v) is 3.17. The Morgan fingerprint density at radius 2 is 2.23 bits per heavy atom. The van der Waals surface area contributed by atoms with Crippen molar-refractivity contribution in [1.29, 1.82) is 0 Å². The van der Waals surface area contributed by atoms with Crippen LogP contribution >= 0.6 is 0 Å². The summed E-state index contributed by atoms with van der Waals surface area (Å²) in [5, 5.41) is 10.2. The SMILES string of the molecule is O=C=Nc1cccc([N+](=O)[O-])c1F. The normalized spacial score (nSPS) is 9.00. The molecule has 0 bridgehead atoms. The van der Waals surface area contributed by atoms with Crippen LogP contribution in [0.2, 0.25) is 0 Å². The second-order valence-electron chi connectivity index (χ2n) is 2.07. The summed E-state index contributed by atoms with van der Waals surface area (Å²) in [5.74, 6) is -1.13. The fraction of sp³-hybridized carbons (Fsp3) is 0. The molecule has 5 nitrogen and oxygen atoms in total. The number of nitro benzene ring substituents is 1. The lowest BCUT2D eigenvalue weighted by atomic mass is 10.3. The molecule has 0 fully saturated rings. The zero-order chi connectivity index (χ0) is 9.84. The van der Waals surface area contributed by atoms with E-state index in [0.29, 0.717) is 0 Å². The van der Waals surface area contributed by atoms with Crippen molar-refractivity contribution >= 4 is 17.5 Å². The van der Waals surface area contributed by atoms with Crippen molar-refractivity contribution < 1.29 is 14.1 Å². The predicted octanol–water partition coefficient (Wildman–Crippen LogP) is 1.70. The molecule has 0 saturated carbocycles. The number of hydrogen-bond donors (Lipinski definition) is 0. The molecule has 1 aromatic rings. The molecule has 0 aliphatic rings. The first-order chi connectivity index (χ1) is 6.16. The fourth-order valence-electron chi connectivity index (χ4n) is 0.784. The number of carbonyl (C=O) groups excluding carboxylic acids is 1. The van der Waals surface area contributed by atoms with Gasteiger partial charge in [-0.1, -0.05) is 6.07 Å². The fourth-order valence-corrected chi connectivity index (χ4v) is 0.784. The standard InChI is InChI=1S/C7H3FN2O3/c8-7-5(9-4-11)2-1-3-6(7)10(12)13/h1-3H. The Labute approximate surface area is 71.7 Å². The molecular weight excluding hydrogens is 179 g/mol. The number of nitro groups is 1. The third-order valence-corrected chi connectivity index (χ3v) is 1.32. The minimum Gasteiger partial charge on any atom is -0.258 e. The third kappa shape index (κ3) is 1.74. The number of rotatable bonds is 2. The van der Waals surface area contributed by atoms with Crippen molar-refractivity contribution in [3.8, 4) is 0 Å². The maximum absolute atomic E-state index is 13.0. The van der Waals surface area contributed by atoms with Crippen molar-refractivity contribution in [2.45, 2.75) is 0 Å². The van der Waals surface area contributed by atoms with Crippen LogP contribution in [0, 0.1) is 15.9 Å². The lowest BCUT2D eigenvalue weighted by Gasteiger charge is -1.94. The van der Waals surface area contributed by atoms with Crippen LogP contribution < -0.4 is 0 Å². The topological polar surface area (TPSA) is 72.6 Å². The van der Waals surface area contributed by atoms with Gasteiger partial charge in [-0.25, -0.2) is 4.79 Å². The number of halogens is 1. The van der Waals surface area contributed by atoms with Crippen LogP contribution in [0.15, 0.2) is 23.2 Å². The van der Waals surface area contributed by atoms with Gasteiger partial charge in [0.05, 0.1) is 4.92 Å². The Morgan fingerprint density at radius 3 is 2.77 bits per heavy atom. The van der Waals surface area contributed by atoms with E-state index < -0.39 is 16.4 Å². The second kappa shape index (κ2) is 3.55. The maximum atomic E-state index is 13.0. The summed E-state index contributed by atoms with van der Waals surface area (Å²) in [4.78, 5) is 22.1. The molecule has 1 aromatic carbocycles. The largest absolute Gasteiger partial charge is 0.307 e. The monoisotopic (exact) mass is 182 g/mol. The van der Waals surface area contributed by atoms with Crippen LogP contribution in [-0.2, 0) is 4.79 Å². The number of benzene rings is 1. The van der Waals surface area contributed by atoms with Gasteiger partial charge in [0.2, 0.25) is 11.9 Å². The van der Waals surface area contributed by atoms with E-state index in [4.69, 9.17) is 0 Å². The molecule has 0 radical (unpaired) electrons. The molecule has 0 saturated heterocycles. The molecular formula is C7H3FN2O3. The molecule has 66 valence electrons. The van der Waals surface area contributed by atoms with Crippen molar-refractivity contribution in [1.82, 2.24) is 0 Å². The number of isocyanates is 1. The van der Waals surface area contributed by atoms with E-state index in [1.54, 1.807) is 0 Å². The van der Waals surface area contributed by atoms with Crippen molar-refractivity contribution in [2.24, 2.45) is 4.99 Å². The Morgan fingerprint density at radius 1 is 1.54 bits per heavy atom. The molecule has 0 spiro atoms. The zero-order valence-electron chi connectivity index (χ0n) is 6.23. The molecule has 13 heavy (non-hydrogen) atoms. The van der Waals surface area contributed by atoms with Gasteiger partial charge in [-0.2, -0.15) is 9.38 Å². The van der Waals surface area contributed by atoms with Crippen LogP contribution in [0.1, 0.15) is 0 Å². The Hall–Kier alpha value is -2.07. The molecule has 0 unspecified atom stereocenters. The van der Waals surface area contributed by atoms with Gasteiger partial charge in [0, 0.05) is 6.07 Å². The average Bonchev–Trinajstić information content (AvgIpc) is 2.08. The first-order valence-electron chi connectivity index (χ1n) is 3.17. The highest BCUT2D eigenvalue weighted by Crippen LogP contribution is 2.25. The molecule has 0 heterocycles. The van der Waals surface area contributed by atoms with Crippen LogP contribution in [0.25, 0.3) is 0 Å². The van der Waals surface area contributed by atoms with Gasteiger partial charge in [0.15, 0.2) is 0 Å². The number of nitrogens with zero attached hydrogens (tertiary/aromatic N) is 2. The minimum absolute atomic E-state index is 0.385. The molecule has 0 aliphatic carbocycles. The van der Waals surface area contributed by atoms with Crippen molar-refractivity contribution in [2.75, 3.05) is 0 Å². The van der Waals surface area contributed by atoms with Gasteiger partial charge in [-0.3, -0.25) is 10.1 Å². The van der Waals surface area contributed by atoms with E-state index in [-0.39, 0.29) is 5.69 Å². The quantitative estimate of drug-likeness (QED) is 0.302. The summed E-state index contributed by atoms with van der Waals surface area (Å²) >= 11 is 0. The highest BCUT2D eigenvalue weighted by molar-refractivity contribution is 5.54. The lowest BCUT2D eigenvalue weighted by molar-refractivity contribution is -0.387. The minimum atomic E-state index is -1.13. The Bertz CT molecular complexity index is 378. The predicted molar refractivity (Wildman–Crippen MR) is 40.8 cm³/mol. The van der Waals surface area contributed by atoms with Crippen LogP contribution in [0.4, 0.5) is 15.8 Å². The van der Waals surface area contributed by atoms with Crippen molar-refractivity contribution in [3.05, 3.63) is 34.1 Å².